The van der Waals surface area contributed by atoms with Gasteiger partial charge in [-0.05, 0) is 56.2 Å². The molecule has 2 aromatic carbocycles. The van der Waals surface area contributed by atoms with E-state index in [-0.39, 0.29) is 16.8 Å². The molecule has 1 aromatic heterocycles. The SMILES string of the molecule is CC1CCCCN1S(=O)(=O)c1cccc(C(=O)NCCc2ccn(-c3ccccc3)n2)c1. The summed E-state index contributed by atoms with van der Waals surface area (Å²) in [4.78, 5) is 12.8. The van der Waals surface area contributed by atoms with Crippen molar-refractivity contribution in [2.75, 3.05) is 13.1 Å². The maximum Gasteiger partial charge on any atom is 0.251 e. The summed E-state index contributed by atoms with van der Waals surface area (Å²) in [7, 11) is -3.61. The van der Waals surface area contributed by atoms with Gasteiger partial charge in [-0.15, -0.1) is 0 Å². The Morgan fingerprint density at radius 3 is 2.69 bits per heavy atom. The van der Waals surface area contributed by atoms with E-state index >= 15 is 0 Å². The van der Waals surface area contributed by atoms with Crippen LogP contribution in [0.2, 0.25) is 0 Å². The Morgan fingerprint density at radius 2 is 1.91 bits per heavy atom. The minimum absolute atomic E-state index is 0.0260. The molecule has 8 heteroatoms. The molecule has 0 radical (unpaired) electrons. The van der Waals surface area contributed by atoms with Gasteiger partial charge in [0.15, 0.2) is 0 Å². The maximum atomic E-state index is 13.1. The Labute approximate surface area is 189 Å². The molecule has 1 unspecified atom stereocenters. The second-order valence-corrected chi connectivity index (χ2v) is 9.97. The second kappa shape index (κ2) is 9.67. The van der Waals surface area contributed by atoms with Gasteiger partial charge in [-0.2, -0.15) is 9.40 Å². The minimum atomic E-state index is -3.61. The summed E-state index contributed by atoms with van der Waals surface area (Å²) >= 11 is 0. The van der Waals surface area contributed by atoms with Gasteiger partial charge in [-0.1, -0.05) is 30.7 Å². The zero-order valence-electron chi connectivity index (χ0n) is 18.1. The Bertz CT molecular complexity index is 1170. The van der Waals surface area contributed by atoms with Crippen molar-refractivity contribution in [3.8, 4) is 5.69 Å². The van der Waals surface area contributed by atoms with E-state index in [0.717, 1.165) is 30.6 Å². The third-order valence-electron chi connectivity index (χ3n) is 5.78. The molecule has 3 aromatic rings. The zero-order chi connectivity index (χ0) is 22.6. The number of hydrogen-bond donors (Lipinski definition) is 1. The summed E-state index contributed by atoms with van der Waals surface area (Å²) in [5.74, 6) is -0.295. The van der Waals surface area contributed by atoms with Gasteiger partial charge in [0.25, 0.3) is 5.91 Å². The second-order valence-electron chi connectivity index (χ2n) is 8.08. The Morgan fingerprint density at radius 1 is 1.09 bits per heavy atom. The molecular weight excluding hydrogens is 424 g/mol. The van der Waals surface area contributed by atoms with Gasteiger partial charge in [-0.25, -0.2) is 13.1 Å². The number of hydrogen-bond acceptors (Lipinski definition) is 4. The number of carbonyl (C=O) groups excluding carboxylic acids is 1. The van der Waals surface area contributed by atoms with Crippen LogP contribution in [-0.4, -0.2) is 47.5 Å². The van der Waals surface area contributed by atoms with Crippen LogP contribution in [0.4, 0.5) is 0 Å². The smallest absolute Gasteiger partial charge is 0.251 e. The fourth-order valence-corrected chi connectivity index (χ4v) is 5.73. The van der Waals surface area contributed by atoms with Gasteiger partial charge in [-0.3, -0.25) is 4.79 Å². The van der Waals surface area contributed by atoms with E-state index in [0.29, 0.717) is 25.1 Å². The van der Waals surface area contributed by atoms with E-state index in [1.807, 2.05) is 49.5 Å². The van der Waals surface area contributed by atoms with Crippen molar-refractivity contribution in [3.05, 3.63) is 78.1 Å². The highest BCUT2D eigenvalue weighted by atomic mass is 32.2. The molecule has 0 saturated carbocycles. The Kier molecular flexibility index (Phi) is 6.72. The fraction of sp³-hybridized carbons (Fsp3) is 0.333. The van der Waals surface area contributed by atoms with Crippen LogP contribution in [-0.2, 0) is 16.4 Å². The molecule has 4 rings (SSSR count). The standard InChI is InChI=1S/C24H28N4O3S/c1-19-8-5-6-16-28(19)32(30,31)23-12-7-9-20(18-23)24(29)25-15-13-21-14-17-27(26-21)22-10-3-2-4-11-22/h2-4,7,9-12,14,17-19H,5-6,8,13,15-16H2,1H3,(H,25,29). The molecule has 32 heavy (non-hydrogen) atoms. The molecule has 1 fully saturated rings. The van der Waals surface area contributed by atoms with Crippen molar-refractivity contribution in [2.24, 2.45) is 0 Å². The minimum Gasteiger partial charge on any atom is -0.352 e. The summed E-state index contributed by atoms with van der Waals surface area (Å²) in [6.45, 7) is 2.87. The van der Waals surface area contributed by atoms with Crippen LogP contribution in [0, 0.1) is 0 Å². The number of piperidine rings is 1. The topological polar surface area (TPSA) is 84.3 Å². The number of para-hydroxylation sites is 1. The van der Waals surface area contributed by atoms with Crippen molar-refractivity contribution in [3.63, 3.8) is 0 Å². The predicted molar refractivity (Wildman–Crippen MR) is 123 cm³/mol. The number of carbonyl (C=O) groups is 1. The lowest BCUT2D eigenvalue weighted by Crippen LogP contribution is -2.42. The highest BCUT2D eigenvalue weighted by Gasteiger charge is 2.31. The van der Waals surface area contributed by atoms with Crippen LogP contribution in [0.1, 0.15) is 42.2 Å². The van der Waals surface area contributed by atoms with Crippen LogP contribution in [0.25, 0.3) is 5.69 Å². The monoisotopic (exact) mass is 452 g/mol. The van der Waals surface area contributed by atoms with E-state index in [9.17, 15) is 13.2 Å². The molecule has 168 valence electrons. The average Bonchev–Trinajstić information content (AvgIpc) is 3.29. The number of amides is 1. The van der Waals surface area contributed by atoms with Crippen LogP contribution in [0.15, 0.2) is 71.8 Å². The van der Waals surface area contributed by atoms with Gasteiger partial charge in [0, 0.05) is 37.3 Å². The average molecular weight is 453 g/mol. The first-order valence-corrected chi connectivity index (χ1v) is 12.4. The number of benzene rings is 2. The number of nitrogens with one attached hydrogen (secondary N) is 1. The highest BCUT2D eigenvalue weighted by molar-refractivity contribution is 7.89. The summed E-state index contributed by atoms with van der Waals surface area (Å²) in [6.07, 6.45) is 5.24. The van der Waals surface area contributed by atoms with Crippen molar-refractivity contribution >= 4 is 15.9 Å². The number of sulfonamides is 1. The molecule has 7 nitrogen and oxygen atoms in total. The van der Waals surface area contributed by atoms with Gasteiger partial charge in [0.2, 0.25) is 10.0 Å². The molecular formula is C24H28N4O3S. The summed E-state index contributed by atoms with van der Waals surface area (Å²) < 4.78 is 29.5. The third kappa shape index (κ3) is 4.92. The molecule has 0 bridgehead atoms. The fourth-order valence-electron chi connectivity index (χ4n) is 3.99. The molecule has 1 saturated heterocycles. The molecule has 1 amide bonds. The molecule has 1 N–H and O–H groups in total. The lowest BCUT2D eigenvalue weighted by Gasteiger charge is -2.32. The molecule has 0 spiro atoms. The van der Waals surface area contributed by atoms with Crippen molar-refractivity contribution in [2.45, 2.75) is 43.5 Å². The first kappa shape index (κ1) is 22.2. The van der Waals surface area contributed by atoms with Gasteiger partial charge in [0.1, 0.15) is 0 Å². The van der Waals surface area contributed by atoms with Crippen molar-refractivity contribution < 1.29 is 13.2 Å². The maximum absolute atomic E-state index is 13.1. The van der Waals surface area contributed by atoms with E-state index in [4.69, 9.17) is 0 Å². The largest absolute Gasteiger partial charge is 0.352 e. The zero-order valence-corrected chi connectivity index (χ0v) is 19.0. The quantitative estimate of drug-likeness (QED) is 0.595. The van der Waals surface area contributed by atoms with E-state index in [1.165, 1.54) is 6.07 Å². The summed E-state index contributed by atoms with van der Waals surface area (Å²) in [6, 6.07) is 18.0. The highest BCUT2D eigenvalue weighted by Crippen LogP contribution is 2.25. The van der Waals surface area contributed by atoms with Crippen LogP contribution >= 0.6 is 0 Å². The lowest BCUT2D eigenvalue weighted by molar-refractivity contribution is 0.0954. The van der Waals surface area contributed by atoms with E-state index in [2.05, 4.69) is 10.4 Å². The number of rotatable bonds is 7. The molecule has 1 aliphatic heterocycles. The number of aromatic nitrogens is 2. The molecule has 0 aliphatic carbocycles. The Balaban J connectivity index is 1.38. The predicted octanol–water partition coefficient (Wildman–Crippen LogP) is 3.41. The molecule has 1 aliphatic rings. The third-order valence-corrected chi connectivity index (χ3v) is 7.79. The van der Waals surface area contributed by atoms with E-state index < -0.39 is 10.0 Å². The number of nitrogens with zero attached hydrogens (tertiary/aromatic N) is 3. The molecule has 1 atom stereocenters. The van der Waals surface area contributed by atoms with Crippen molar-refractivity contribution in [1.82, 2.24) is 19.4 Å². The van der Waals surface area contributed by atoms with Gasteiger partial charge < -0.3 is 5.32 Å². The molecule has 2 heterocycles. The van der Waals surface area contributed by atoms with Crippen LogP contribution in [0.5, 0.6) is 0 Å². The van der Waals surface area contributed by atoms with Crippen LogP contribution < -0.4 is 5.32 Å². The normalized spacial score (nSPS) is 17.2. The Hall–Kier alpha value is -2.97. The van der Waals surface area contributed by atoms with Gasteiger partial charge >= 0.3 is 0 Å². The van der Waals surface area contributed by atoms with Gasteiger partial charge in [0.05, 0.1) is 16.3 Å². The van der Waals surface area contributed by atoms with E-state index in [1.54, 1.807) is 27.2 Å². The summed E-state index contributed by atoms with van der Waals surface area (Å²) in [5, 5.41) is 7.40. The lowest BCUT2D eigenvalue weighted by atomic mass is 10.1. The van der Waals surface area contributed by atoms with Crippen molar-refractivity contribution in [1.29, 1.82) is 0 Å². The summed E-state index contributed by atoms with van der Waals surface area (Å²) in [5.41, 5.74) is 2.18. The first-order chi connectivity index (χ1) is 15.4. The van der Waals surface area contributed by atoms with Crippen LogP contribution in [0.3, 0.4) is 0 Å². The first-order valence-electron chi connectivity index (χ1n) is 11.0.